The van der Waals surface area contributed by atoms with Crippen LogP contribution < -0.4 is 27.3 Å². The van der Waals surface area contributed by atoms with Crippen molar-refractivity contribution in [1.29, 1.82) is 0 Å². The number of nitrogens with zero attached hydrogens (tertiary/aromatic N) is 4. The van der Waals surface area contributed by atoms with E-state index < -0.39 is 57.2 Å². The number of fused-ring (bicyclic) bond motifs is 2. The number of aliphatic imine (C=N–C) groups is 1. The van der Waals surface area contributed by atoms with Crippen molar-refractivity contribution in [1.82, 2.24) is 15.4 Å². The molecular weight excluding hydrogens is 733 g/mol. The Balaban J connectivity index is 1.17. The number of thiazole rings is 1. The van der Waals surface area contributed by atoms with E-state index in [1.165, 1.54) is 37.3 Å². The first-order chi connectivity index (χ1) is 24.9. The number of aliphatic carboxylic acids is 1. The maximum atomic E-state index is 13.5. The summed E-state index contributed by atoms with van der Waals surface area (Å²) in [6, 6.07) is 10.1. The number of benzene rings is 2. The molecule has 4 atom stereocenters. The quantitative estimate of drug-likeness (QED) is 0.0499. The number of nitrogens with two attached hydrogens (primary N) is 3. The van der Waals surface area contributed by atoms with Gasteiger partial charge in [0.2, 0.25) is 0 Å². The van der Waals surface area contributed by atoms with Gasteiger partial charge in [-0.1, -0.05) is 23.4 Å². The standard InChI is InChI=1S/C33H38N8O10S2/c1-32(2)26(29(43)41(32)51-53(46,47)48)39-28(42)25(22-15-52-31(36)38-22)40-50-33(3,30(44)45)24-11-7-18-13-19(6-10-23(18)49-24)27(35)37-14-16-4-8-20-17(12-16)5-9-21(20)34/h4,6,8,10,12-13,15,21,24,26H,5,7,9,11,14,34H2,1-3H3,(H2,35,37)(H2,36,38)(H,39,42)(H,44,45)(H,46,47,48)/b40-25-/t21-,24-,26-,33?/m1/s1. The van der Waals surface area contributed by atoms with Gasteiger partial charge in [0.1, 0.15) is 23.3 Å². The van der Waals surface area contributed by atoms with Crippen molar-refractivity contribution >= 4 is 56.2 Å². The number of carbonyl (C=O) groups excluding carboxylic acids is 2. The van der Waals surface area contributed by atoms with Crippen LogP contribution in [0, 0.1) is 0 Å². The highest BCUT2D eigenvalue weighted by atomic mass is 32.3. The number of anilines is 1. The van der Waals surface area contributed by atoms with Crippen LogP contribution >= 0.6 is 11.3 Å². The number of nitrogens with one attached hydrogen (secondary N) is 1. The van der Waals surface area contributed by atoms with Gasteiger partial charge in [-0.05, 0) is 86.9 Å². The Hall–Kier alpha value is -5.15. The predicted octanol–water partition coefficient (Wildman–Crippen LogP) is 1.37. The second-order valence-electron chi connectivity index (χ2n) is 13.6. The van der Waals surface area contributed by atoms with E-state index in [-0.39, 0.29) is 23.3 Å². The fourth-order valence-electron chi connectivity index (χ4n) is 6.40. The number of carboxylic acid groups (broad SMARTS) is 1. The average Bonchev–Trinajstić information content (AvgIpc) is 3.71. The van der Waals surface area contributed by atoms with E-state index in [2.05, 4.69) is 30.8 Å². The summed E-state index contributed by atoms with van der Waals surface area (Å²) in [5.74, 6) is -2.73. The summed E-state index contributed by atoms with van der Waals surface area (Å²) >= 11 is 0.963. The highest BCUT2D eigenvalue weighted by Crippen LogP contribution is 2.36. The molecule has 2 amide bonds. The highest BCUT2D eigenvalue weighted by molar-refractivity contribution is 7.80. The van der Waals surface area contributed by atoms with Crippen LogP contribution in [0.2, 0.25) is 0 Å². The minimum absolute atomic E-state index is 0.0555. The summed E-state index contributed by atoms with van der Waals surface area (Å²) in [4.78, 5) is 53.1. The third-order valence-corrected chi connectivity index (χ3v) is 10.5. The predicted molar refractivity (Wildman–Crippen MR) is 191 cm³/mol. The molecule has 1 fully saturated rings. The van der Waals surface area contributed by atoms with Crippen LogP contribution in [0.5, 0.6) is 5.75 Å². The third kappa shape index (κ3) is 7.53. The highest BCUT2D eigenvalue weighted by Gasteiger charge is 2.58. The first kappa shape index (κ1) is 37.6. The number of hydrogen-bond donors (Lipinski definition) is 6. The van der Waals surface area contributed by atoms with Crippen LogP contribution in [0.15, 0.2) is 51.9 Å². The fourth-order valence-corrected chi connectivity index (χ4v) is 7.40. The number of ether oxygens (including phenoxy) is 1. The molecule has 2 aromatic carbocycles. The molecule has 282 valence electrons. The Labute approximate surface area is 307 Å². The molecule has 3 aromatic rings. The van der Waals surface area contributed by atoms with Crippen molar-refractivity contribution in [3.05, 3.63) is 75.3 Å². The Morgan fingerprint density at radius 3 is 2.58 bits per heavy atom. The molecule has 0 bridgehead atoms. The third-order valence-electron chi connectivity index (χ3n) is 9.53. The number of amides is 2. The topological polar surface area (TPSA) is 284 Å². The van der Waals surface area contributed by atoms with Crippen molar-refractivity contribution in [3.63, 3.8) is 0 Å². The van der Waals surface area contributed by atoms with Gasteiger partial charge in [-0.2, -0.15) is 13.5 Å². The Morgan fingerprint density at radius 1 is 1.19 bits per heavy atom. The summed E-state index contributed by atoms with van der Waals surface area (Å²) in [7, 11) is -5.04. The van der Waals surface area contributed by atoms with Gasteiger partial charge < -0.3 is 37.2 Å². The lowest BCUT2D eigenvalue weighted by Gasteiger charge is -2.50. The van der Waals surface area contributed by atoms with Crippen molar-refractivity contribution in [2.75, 3.05) is 5.73 Å². The summed E-state index contributed by atoms with van der Waals surface area (Å²) < 4.78 is 41.9. The zero-order chi connectivity index (χ0) is 38.5. The van der Waals surface area contributed by atoms with E-state index in [9.17, 15) is 27.9 Å². The van der Waals surface area contributed by atoms with Gasteiger partial charge in [0.05, 0.1) is 12.1 Å². The second kappa shape index (κ2) is 14.0. The van der Waals surface area contributed by atoms with E-state index >= 15 is 0 Å². The van der Waals surface area contributed by atoms with Gasteiger partial charge in [0.25, 0.3) is 17.4 Å². The first-order valence-electron chi connectivity index (χ1n) is 16.4. The first-order valence-corrected chi connectivity index (χ1v) is 18.6. The number of carboxylic acids is 1. The molecule has 3 aliphatic rings. The normalized spacial score (nSPS) is 22.2. The number of aryl methyl sites for hydroxylation is 2. The molecule has 0 radical (unpaired) electrons. The van der Waals surface area contributed by atoms with Crippen molar-refractivity contribution in [2.45, 2.75) is 82.3 Å². The molecule has 6 rings (SSSR count). The monoisotopic (exact) mass is 770 g/mol. The van der Waals surface area contributed by atoms with Gasteiger partial charge in [0.15, 0.2) is 16.9 Å². The Bertz CT molecular complexity index is 2150. The van der Waals surface area contributed by atoms with Gasteiger partial charge in [0, 0.05) is 17.0 Å². The number of rotatable bonds is 12. The molecule has 53 heavy (non-hydrogen) atoms. The lowest BCUT2D eigenvalue weighted by Crippen LogP contribution is -2.76. The van der Waals surface area contributed by atoms with E-state index in [0.717, 1.165) is 35.3 Å². The molecule has 9 N–H and O–H groups in total. The molecule has 2 aliphatic heterocycles. The number of hydroxylamine groups is 2. The smallest absolute Gasteiger partial charge is 0.418 e. The molecule has 20 heteroatoms. The minimum atomic E-state index is -5.04. The van der Waals surface area contributed by atoms with Crippen LogP contribution in [0.1, 0.15) is 73.2 Å². The molecule has 1 aliphatic carbocycles. The van der Waals surface area contributed by atoms with E-state index in [0.29, 0.717) is 35.2 Å². The lowest BCUT2D eigenvalue weighted by molar-refractivity contribution is -0.218. The Morgan fingerprint density at radius 2 is 1.92 bits per heavy atom. The van der Waals surface area contributed by atoms with Gasteiger partial charge >= 0.3 is 16.4 Å². The summed E-state index contributed by atoms with van der Waals surface area (Å²) in [5, 5.41) is 18.5. The zero-order valence-electron chi connectivity index (χ0n) is 28.8. The summed E-state index contributed by atoms with van der Waals surface area (Å²) in [5.41, 5.74) is 19.0. The van der Waals surface area contributed by atoms with Gasteiger partial charge in [-0.25, -0.2) is 9.78 Å². The Kier molecular flexibility index (Phi) is 9.94. The maximum absolute atomic E-state index is 13.5. The fraction of sp³-hybridized carbons (Fsp3) is 0.394. The average molecular weight is 771 g/mol. The number of carbonyl (C=O) groups is 3. The molecular formula is C33H38N8O10S2. The lowest BCUT2D eigenvalue weighted by atomic mass is 9.84. The number of hydrogen-bond acceptors (Lipinski definition) is 14. The SMILES string of the molecule is CC(O/N=C(\C(=O)N[C@@H]1C(=O)N(OS(=O)(=O)O)C1(C)C)c1csc(N)n1)(C(=O)O)[C@H]1CCc2cc(C(N)=NCc3ccc4c(c3)CC[C@H]4N)ccc2O1. The van der Waals surface area contributed by atoms with Crippen LogP contribution in [-0.4, -0.2) is 80.7 Å². The molecule has 1 aromatic heterocycles. The van der Waals surface area contributed by atoms with E-state index in [4.69, 9.17) is 31.3 Å². The second-order valence-corrected chi connectivity index (χ2v) is 15.5. The minimum Gasteiger partial charge on any atom is -0.485 e. The summed E-state index contributed by atoms with van der Waals surface area (Å²) in [6.45, 7) is 4.37. The molecule has 18 nitrogen and oxygen atoms in total. The van der Waals surface area contributed by atoms with E-state index in [1.54, 1.807) is 12.1 Å². The van der Waals surface area contributed by atoms with Crippen LogP contribution in [0.25, 0.3) is 0 Å². The largest absolute Gasteiger partial charge is 0.485 e. The van der Waals surface area contributed by atoms with Crippen LogP contribution in [0.4, 0.5) is 5.13 Å². The number of β-lactam (4-membered cyclic amide) rings is 1. The number of oxime groups is 1. The number of nitrogen functional groups attached to an aromatic ring is 1. The van der Waals surface area contributed by atoms with E-state index in [1.807, 2.05) is 18.2 Å². The molecule has 0 spiro atoms. The van der Waals surface area contributed by atoms with Crippen molar-refractivity contribution in [3.8, 4) is 5.75 Å². The van der Waals surface area contributed by atoms with Crippen molar-refractivity contribution < 1.29 is 46.3 Å². The molecule has 0 saturated carbocycles. The zero-order valence-corrected chi connectivity index (χ0v) is 30.4. The molecule has 1 unspecified atom stereocenters. The maximum Gasteiger partial charge on any atom is 0.418 e. The van der Waals surface area contributed by atoms with Gasteiger partial charge in [-0.15, -0.1) is 15.6 Å². The number of amidine groups is 1. The molecule has 3 heterocycles. The number of aromatic nitrogens is 1. The molecule has 1 saturated heterocycles. The van der Waals surface area contributed by atoms with Crippen LogP contribution in [0.3, 0.4) is 0 Å². The van der Waals surface area contributed by atoms with Crippen molar-refractivity contribution in [2.24, 2.45) is 21.6 Å². The van der Waals surface area contributed by atoms with Gasteiger partial charge in [-0.3, -0.25) is 19.1 Å². The van der Waals surface area contributed by atoms with Crippen LogP contribution in [-0.2, 0) is 53.3 Å². The summed E-state index contributed by atoms with van der Waals surface area (Å²) in [6.07, 6.45) is 1.36.